The summed E-state index contributed by atoms with van der Waals surface area (Å²) in [6.07, 6.45) is 0. The molecule has 0 amide bonds. The smallest absolute Gasteiger partial charge is 0.142 e. The number of hydrogen-bond acceptors (Lipinski definition) is 4. The van der Waals surface area contributed by atoms with Crippen LogP contribution in [0.2, 0.25) is 0 Å². The van der Waals surface area contributed by atoms with Gasteiger partial charge in [-0.05, 0) is 36.9 Å². The van der Waals surface area contributed by atoms with Crippen LogP contribution < -0.4 is 15.2 Å². The third-order valence-corrected chi connectivity index (χ3v) is 3.26. The molecule has 0 saturated heterocycles. The number of nitrogens with two attached hydrogens (primary N) is 1. The summed E-state index contributed by atoms with van der Waals surface area (Å²) in [4.78, 5) is 2.21. The van der Waals surface area contributed by atoms with Gasteiger partial charge in [0.1, 0.15) is 18.1 Å². The number of hydrogen-bond donors (Lipinski definition) is 1. The Morgan fingerprint density at radius 1 is 1.05 bits per heavy atom. The molecule has 0 unspecified atom stereocenters. The van der Waals surface area contributed by atoms with Crippen LogP contribution in [0.3, 0.4) is 0 Å². The Balaban J connectivity index is 1.76. The van der Waals surface area contributed by atoms with Gasteiger partial charge in [0.15, 0.2) is 0 Å². The van der Waals surface area contributed by atoms with Crippen molar-refractivity contribution in [2.24, 2.45) is 0 Å². The normalized spacial score (nSPS) is 10.6. The summed E-state index contributed by atoms with van der Waals surface area (Å²) >= 11 is 0. The molecule has 2 rings (SSSR count). The zero-order chi connectivity index (χ0) is 15.1. The number of para-hydroxylation sites is 2. The Kier molecular flexibility index (Phi) is 5.46. The molecule has 2 N–H and O–H groups in total. The van der Waals surface area contributed by atoms with Gasteiger partial charge < -0.3 is 15.2 Å². The number of anilines is 1. The first-order valence-electron chi connectivity index (χ1n) is 6.98. The SMILES string of the molecule is COc1ccc(CN(C)CCOc2ccccc2N)cc1. The second kappa shape index (κ2) is 7.55. The summed E-state index contributed by atoms with van der Waals surface area (Å²) in [5.74, 6) is 1.62. The highest BCUT2D eigenvalue weighted by Crippen LogP contribution is 2.19. The third kappa shape index (κ3) is 4.68. The van der Waals surface area contributed by atoms with Crippen molar-refractivity contribution in [3.63, 3.8) is 0 Å². The molecule has 0 saturated carbocycles. The van der Waals surface area contributed by atoms with E-state index in [-0.39, 0.29) is 0 Å². The van der Waals surface area contributed by atoms with E-state index in [4.69, 9.17) is 15.2 Å². The highest BCUT2D eigenvalue weighted by atomic mass is 16.5. The molecule has 0 heterocycles. The third-order valence-electron chi connectivity index (χ3n) is 3.26. The maximum absolute atomic E-state index is 5.84. The molecular weight excluding hydrogens is 264 g/mol. The lowest BCUT2D eigenvalue weighted by Gasteiger charge is -2.17. The highest BCUT2D eigenvalue weighted by molar-refractivity contribution is 5.51. The molecule has 0 aliphatic rings. The maximum Gasteiger partial charge on any atom is 0.142 e. The Bertz CT molecular complexity index is 555. The largest absolute Gasteiger partial charge is 0.497 e. The van der Waals surface area contributed by atoms with E-state index in [0.29, 0.717) is 12.3 Å². The van der Waals surface area contributed by atoms with E-state index < -0.39 is 0 Å². The lowest BCUT2D eigenvalue weighted by Crippen LogP contribution is -2.24. The van der Waals surface area contributed by atoms with Crippen LogP contribution in [0.15, 0.2) is 48.5 Å². The number of nitrogens with zero attached hydrogens (tertiary/aromatic N) is 1. The zero-order valence-electron chi connectivity index (χ0n) is 12.6. The molecule has 4 heteroatoms. The van der Waals surface area contributed by atoms with E-state index in [1.54, 1.807) is 7.11 Å². The monoisotopic (exact) mass is 286 g/mol. The van der Waals surface area contributed by atoms with Crippen molar-refractivity contribution in [3.05, 3.63) is 54.1 Å². The first-order chi connectivity index (χ1) is 10.2. The van der Waals surface area contributed by atoms with Crippen LogP contribution in [-0.4, -0.2) is 32.2 Å². The van der Waals surface area contributed by atoms with Crippen LogP contribution in [-0.2, 0) is 6.54 Å². The average Bonchev–Trinajstić information content (AvgIpc) is 2.50. The molecule has 21 heavy (non-hydrogen) atoms. The maximum atomic E-state index is 5.84. The Hall–Kier alpha value is -2.20. The molecule has 0 aliphatic heterocycles. The van der Waals surface area contributed by atoms with E-state index in [2.05, 4.69) is 24.1 Å². The first-order valence-corrected chi connectivity index (χ1v) is 6.98. The molecule has 0 aromatic heterocycles. The molecule has 112 valence electrons. The zero-order valence-corrected chi connectivity index (χ0v) is 12.6. The number of benzene rings is 2. The molecule has 0 atom stereocenters. The summed E-state index contributed by atoms with van der Waals surface area (Å²) in [5.41, 5.74) is 7.76. The highest BCUT2D eigenvalue weighted by Gasteiger charge is 2.03. The summed E-state index contributed by atoms with van der Waals surface area (Å²) < 4.78 is 10.8. The molecule has 0 bridgehead atoms. The van der Waals surface area contributed by atoms with Crippen molar-refractivity contribution < 1.29 is 9.47 Å². The summed E-state index contributed by atoms with van der Waals surface area (Å²) in [5, 5.41) is 0. The van der Waals surface area contributed by atoms with Crippen molar-refractivity contribution in [3.8, 4) is 11.5 Å². The lowest BCUT2D eigenvalue weighted by molar-refractivity contribution is 0.233. The van der Waals surface area contributed by atoms with E-state index in [1.807, 2.05) is 36.4 Å². The fourth-order valence-corrected chi connectivity index (χ4v) is 2.05. The molecule has 0 radical (unpaired) electrons. The van der Waals surface area contributed by atoms with Gasteiger partial charge in [0.05, 0.1) is 12.8 Å². The quantitative estimate of drug-likeness (QED) is 0.795. The molecule has 2 aromatic carbocycles. The van der Waals surface area contributed by atoms with Crippen molar-refractivity contribution in [2.75, 3.05) is 33.0 Å². The number of nitrogen functional groups attached to an aromatic ring is 1. The molecule has 0 aliphatic carbocycles. The van der Waals surface area contributed by atoms with Crippen molar-refractivity contribution in [1.29, 1.82) is 0 Å². The van der Waals surface area contributed by atoms with Crippen LogP contribution in [0.25, 0.3) is 0 Å². The Morgan fingerprint density at radius 3 is 2.43 bits per heavy atom. The molecule has 2 aromatic rings. The summed E-state index contributed by atoms with van der Waals surface area (Å²) in [6, 6.07) is 15.7. The van der Waals surface area contributed by atoms with Crippen LogP contribution in [0.1, 0.15) is 5.56 Å². The van der Waals surface area contributed by atoms with Gasteiger partial charge in [-0.15, -0.1) is 0 Å². The Morgan fingerprint density at radius 2 is 1.76 bits per heavy atom. The van der Waals surface area contributed by atoms with Gasteiger partial charge in [-0.1, -0.05) is 24.3 Å². The van der Waals surface area contributed by atoms with Gasteiger partial charge in [0.25, 0.3) is 0 Å². The van der Waals surface area contributed by atoms with Gasteiger partial charge in [-0.2, -0.15) is 0 Å². The first kappa shape index (κ1) is 15.2. The predicted octanol–water partition coefficient (Wildman–Crippen LogP) is 2.79. The van der Waals surface area contributed by atoms with Crippen LogP contribution in [0, 0.1) is 0 Å². The van der Waals surface area contributed by atoms with Gasteiger partial charge >= 0.3 is 0 Å². The lowest BCUT2D eigenvalue weighted by atomic mass is 10.2. The van der Waals surface area contributed by atoms with E-state index >= 15 is 0 Å². The summed E-state index contributed by atoms with van der Waals surface area (Å²) in [6.45, 7) is 2.32. The van der Waals surface area contributed by atoms with Gasteiger partial charge in [0.2, 0.25) is 0 Å². The molecule has 0 fully saturated rings. The minimum absolute atomic E-state index is 0.612. The number of likely N-dealkylation sites (N-methyl/N-ethyl adjacent to an activating group) is 1. The van der Waals surface area contributed by atoms with Gasteiger partial charge in [0, 0.05) is 13.1 Å². The number of rotatable bonds is 7. The van der Waals surface area contributed by atoms with Gasteiger partial charge in [-0.25, -0.2) is 0 Å². The molecule has 4 nitrogen and oxygen atoms in total. The second-order valence-corrected chi connectivity index (χ2v) is 4.97. The summed E-state index contributed by atoms with van der Waals surface area (Å²) in [7, 11) is 3.75. The Labute approximate surface area is 126 Å². The minimum atomic E-state index is 0.612. The van der Waals surface area contributed by atoms with Crippen LogP contribution in [0.5, 0.6) is 11.5 Å². The van der Waals surface area contributed by atoms with Crippen LogP contribution in [0.4, 0.5) is 5.69 Å². The van der Waals surface area contributed by atoms with E-state index in [0.717, 1.165) is 24.6 Å². The predicted molar refractivity (Wildman–Crippen MR) is 85.7 cm³/mol. The van der Waals surface area contributed by atoms with E-state index in [1.165, 1.54) is 5.56 Å². The molecule has 0 spiro atoms. The number of methoxy groups -OCH3 is 1. The molecular formula is C17H22N2O2. The van der Waals surface area contributed by atoms with Crippen molar-refractivity contribution in [1.82, 2.24) is 4.90 Å². The second-order valence-electron chi connectivity index (χ2n) is 4.97. The fourth-order valence-electron chi connectivity index (χ4n) is 2.05. The number of ether oxygens (including phenoxy) is 2. The van der Waals surface area contributed by atoms with Gasteiger partial charge in [-0.3, -0.25) is 4.90 Å². The van der Waals surface area contributed by atoms with Crippen LogP contribution >= 0.6 is 0 Å². The van der Waals surface area contributed by atoms with Crippen molar-refractivity contribution in [2.45, 2.75) is 6.54 Å². The van der Waals surface area contributed by atoms with E-state index in [9.17, 15) is 0 Å². The fraction of sp³-hybridized carbons (Fsp3) is 0.294. The van der Waals surface area contributed by atoms with Crippen molar-refractivity contribution >= 4 is 5.69 Å². The topological polar surface area (TPSA) is 47.7 Å². The average molecular weight is 286 g/mol. The standard InChI is InChI=1S/C17H22N2O2/c1-19(13-14-7-9-15(20-2)10-8-14)11-12-21-17-6-4-3-5-16(17)18/h3-10H,11-13,18H2,1-2H3. The minimum Gasteiger partial charge on any atom is -0.497 e.